The first kappa shape index (κ1) is 31.1. The fourth-order valence-electron chi connectivity index (χ4n) is 8.48. The van der Waals surface area contributed by atoms with E-state index in [1.54, 1.807) is 0 Å². The van der Waals surface area contributed by atoms with Gasteiger partial charge in [0.15, 0.2) is 23.0 Å². The molecule has 0 bridgehead atoms. The molecule has 8 aromatic rings. The van der Waals surface area contributed by atoms with E-state index in [-0.39, 0.29) is 0 Å². The summed E-state index contributed by atoms with van der Waals surface area (Å²) in [5.74, 6) is 3.39. The van der Waals surface area contributed by atoms with E-state index in [4.69, 9.17) is 9.47 Å². The molecule has 0 aliphatic carbocycles. The van der Waals surface area contributed by atoms with Crippen molar-refractivity contribution in [2.24, 2.45) is 0 Å². The van der Waals surface area contributed by atoms with Crippen molar-refractivity contribution in [1.82, 2.24) is 0 Å². The van der Waals surface area contributed by atoms with Gasteiger partial charge in [-0.1, -0.05) is 133 Å². The molecule has 0 unspecified atom stereocenters. The zero-order valence-corrected chi connectivity index (χ0v) is 30.9. The number of fused-ring (bicyclic) bond motifs is 6. The van der Waals surface area contributed by atoms with Crippen LogP contribution in [0.25, 0.3) is 0 Å². The highest BCUT2D eigenvalue weighted by Gasteiger charge is 2.37. The summed E-state index contributed by atoms with van der Waals surface area (Å²) in [7, 11) is -2.82. The maximum atomic E-state index is 6.40. The Hall–Kier alpha value is -6.47. The molecule has 0 spiro atoms. The van der Waals surface area contributed by atoms with E-state index < -0.39 is 8.07 Å². The second kappa shape index (κ2) is 12.3. The number of hydrogen-bond acceptors (Lipinski definition) is 5. The monoisotopic (exact) mass is 728 g/mol. The summed E-state index contributed by atoms with van der Waals surface area (Å²) in [5.41, 5.74) is 6.31. The van der Waals surface area contributed by atoms with Crippen molar-refractivity contribution >= 4 is 74.7 Å². The molecule has 0 saturated heterocycles. The van der Waals surface area contributed by atoms with Gasteiger partial charge in [0.2, 0.25) is 0 Å². The number of nitrogens with zero attached hydrogens (tertiary/aromatic N) is 2. The van der Waals surface area contributed by atoms with Gasteiger partial charge in [-0.2, -0.15) is 20.7 Å². The number of para-hydroxylation sites is 8. The van der Waals surface area contributed by atoms with Crippen LogP contribution >= 0.6 is 11.8 Å². The molecule has 0 atom stereocenters. The first-order chi connectivity index (χ1) is 26.8. The molecule has 0 fully saturated rings. The van der Waals surface area contributed by atoms with Crippen LogP contribution < -0.4 is 40.0 Å². The van der Waals surface area contributed by atoms with E-state index in [2.05, 4.69) is 155 Å². The lowest BCUT2D eigenvalue weighted by molar-refractivity contribution is 0.476. The Labute approximate surface area is 319 Å². The molecule has 257 valence electrons. The number of benzene rings is 8. The van der Waals surface area contributed by atoms with E-state index >= 15 is 0 Å². The smallest absolute Gasteiger partial charge is 0.151 e. The van der Waals surface area contributed by atoms with E-state index in [1.165, 1.54) is 30.5 Å². The highest BCUT2D eigenvalue weighted by molar-refractivity contribution is 8.00. The highest BCUT2D eigenvalue weighted by atomic mass is 32.2. The summed E-state index contributed by atoms with van der Waals surface area (Å²) < 4.78 is 12.8. The van der Waals surface area contributed by atoms with Crippen LogP contribution in [0.2, 0.25) is 0 Å². The normalized spacial score (nSPS) is 14.2. The van der Waals surface area contributed by atoms with Gasteiger partial charge in [-0.15, -0.1) is 0 Å². The van der Waals surface area contributed by atoms with Gasteiger partial charge in [-0.05, 0) is 90.7 Å². The fraction of sp³-hybridized carbons (Fsp3) is 0. The Morgan fingerprint density at radius 2 is 0.685 bits per heavy atom. The molecule has 4 nitrogen and oxygen atoms in total. The fourth-order valence-corrected chi connectivity index (χ4v) is 15.5. The Morgan fingerprint density at radius 3 is 1.06 bits per heavy atom. The Bertz CT molecular complexity index is 2460. The third-order valence-corrected chi connectivity index (χ3v) is 17.1. The minimum atomic E-state index is -2.82. The topological polar surface area (TPSA) is 24.9 Å². The zero-order chi connectivity index (χ0) is 35.6. The third kappa shape index (κ3) is 4.64. The van der Waals surface area contributed by atoms with Crippen LogP contribution in [-0.4, -0.2) is 8.07 Å². The highest BCUT2D eigenvalue weighted by Crippen LogP contribution is 2.53. The molecule has 0 radical (unpaired) electrons. The van der Waals surface area contributed by atoms with E-state index in [9.17, 15) is 0 Å². The average molecular weight is 729 g/mol. The van der Waals surface area contributed by atoms with Crippen molar-refractivity contribution in [3.05, 3.63) is 194 Å². The van der Waals surface area contributed by atoms with Gasteiger partial charge in [-0.3, -0.25) is 0 Å². The third-order valence-electron chi connectivity index (χ3n) is 10.8. The predicted octanol–water partition coefficient (Wildman–Crippen LogP) is 10.7. The Balaban J connectivity index is 1.16. The van der Waals surface area contributed by atoms with Crippen molar-refractivity contribution in [1.29, 1.82) is 0 Å². The lowest BCUT2D eigenvalue weighted by Crippen LogP contribution is -2.76. The van der Waals surface area contributed by atoms with Crippen LogP contribution in [0, 0.1) is 0 Å². The van der Waals surface area contributed by atoms with E-state index in [0.717, 1.165) is 57.1 Å². The van der Waals surface area contributed by atoms with Gasteiger partial charge >= 0.3 is 0 Å². The summed E-state index contributed by atoms with van der Waals surface area (Å²) in [6.07, 6.45) is 0. The maximum absolute atomic E-state index is 6.40. The Morgan fingerprint density at radius 1 is 0.352 bits per heavy atom. The Kier molecular flexibility index (Phi) is 7.08. The molecule has 54 heavy (non-hydrogen) atoms. The van der Waals surface area contributed by atoms with Gasteiger partial charge in [0, 0.05) is 11.4 Å². The maximum Gasteiger partial charge on any atom is 0.151 e. The second-order valence-corrected chi connectivity index (χ2v) is 18.5. The summed E-state index contributed by atoms with van der Waals surface area (Å²) in [6, 6.07) is 69.9. The molecule has 3 aliphatic heterocycles. The molecule has 0 amide bonds. The summed E-state index contributed by atoms with van der Waals surface area (Å²) in [5, 5.41) is 5.52. The second-order valence-electron chi connectivity index (χ2n) is 13.7. The van der Waals surface area contributed by atoms with Gasteiger partial charge in [0.25, 0.3) is 0 Å². The van der Waals surface area contributed by atoms with Crippen molar-refractivity contribution in [2.45, 2.75) is 9.79 Å². The molecule has 11 rings (SSSR count). The number of ether oxygens (including phenoxy) is 2. The van der Waals surface area contributed by atoms with Gasteiger partial charge in [0.1, 0.15) is 0 Å². The van der Waals surface area contributed by atoms with E-state index in [1.807, 2.05) is 60.3 Å². The predicted molar refractivity (Wildman–Crippen MR) is 224 cm³/mol. The van der Waals surface area contributed by atoms with Crippen LogP contribution in [-0.2, 0) is 0 Å². The van der Waals surface area contributed by atoms with Crippen molar-refractivity contribution in [3.63, 3.8) is 0 Å². The van der Waals surface area contributed by atoms with Crippen LogP contribution in [0.15, 0.2) is 204 Å². The first-order valence-electron chi connectivity index (χ1n) is 18.2. The van der Waals surface area contributed by atoms with Crippen molar-refractivity contribution in [3.8, 4) is 23.0 Å². The molecule has 6 heteroatoms. The molecule has 3 aliphatic rings. The van der Waals surface area contributed by atoms with Gasteiger partial charge < -0.3 is 19.3 Å². The lowest BCUT2D eigenvalue weighted by Gasteiger charge is -2.52. The minimum Gasteiger partial charge on any atom is -0.453 e. The van der Waals surface area contributed by atoms with Crippen LogP contribution in [0.4, 0.5) is 34.1 Å². The quantitative estimate of drug-likeness (QED) is 0.168. The van der Waals surface area contributed by atoms with Crippen LogP contribution in [0.3, 0.4) is 0 Å². The summed E-state index contributed by atoms with van der Waals surface area (Å²) in [6.45, 7) is 0. The number of hydrogen-bond donors (Lipinski definition) is 0. The number of anilines is 6. The van der Waals surface area contributed by atoms with Crippen molar-refractivity contribution < 1.29 is 9.47 Å². The molecule has 8 aromatic carbocycles. The standard InChI is InChI=1S/C48H32N2O2SSi/c1-3-15-35(16-4-1)54(36-17-5-2-6-18-36)47-29-27-33(49-37-19-7-11-23-41(37)51-42-24-12-8-20-38(42)49)31-45(47)53-46-32-34(28-30-48(46)54)50-39-21-9-13-25-43(39)52-44-26-14-10-22-40(44)50/h1-32H/q-1. The lowest BCUT2D eigenvalue weighted by atomic mass is 10.1. The molecule has 3 heterocycles. The molecule has 0 N–H and O–H groups in total. The number of rotatable bonds is 4. The SMILES string of the molecule is c1ccc([Si-]2(c3ccccc3)c3ccc(N4c5ccccc5Oc5ccccc54)cc3Sc3cc(N4c5ccccc5Oc5ccccc54)ccc32)cc1. The van der Waals surface area contributed by atoms with Crippen LogP contribution in [0.1, 0.15) is 0 Å². The molecular formula is C48H32N2O2SSi-. The zero-order valence-electron chi connectivity index (χ0n) is 29.1. The molecule has 0 saturated carbocycles. The first-order valence-corrected chi connectivity index (χ1v) is 21.0. The minimum absolute atomic E-state index is 0.847. The van der Waals surface area contributed by atoms with Crippen LogP contribution in [0.5, 0.6) is 23.0 Å². The summed E-state index contributed by atoms with van der Waals surface area (Å²) >= 11 is 1.87. The van der Waals surface area contributed by atoms with E-state index in [0.29, 0.717) is 0 Å². The largest absolute Gasteiger partial charge is 0.453 e. The van der Waals surface area contributed by atoms with Gasteiger partial charge in [0.05, 0.1) is 22.7 Å². The van der Waals surface area contributed by atoms with Crippen molar-refractivity contribution in [2.75, 3.05) is 9.80 Å². The van der Waals surface area contributed by atoms with Gasteiger partial charge in [-0.25, -0.2) is 0 Å². The molecular weight excluding hydrogens is 697 g/mol. The summed E-state index contributed by atoms with van der Waals surface area (Å²) in [4.78, 5) is 7.22. The average Bonchev–Trinajstić information content (AvgIpc) is 3.24. The molecule has 0 aromatic heterocycles.